The average molecular weight is 177 g/mol. The lowest BCUT2D eigenvalue weighted by Crippen LogP contribution is -1.91. The van der Waals surface area contributed by atoms with Crippen molar-refractivity contribution < 1.29 is 9.53 Å². The Balaban J connectivity index is 0. The van der Waals surface area contributed by atoms with Crippen LogP contribution in [0.3, 0.4) is 0 Å². The van der Waals surface area contributed by atoms with E-state index in [2.05, 4.69) is 24.5 Å². The van der Waals surface area contributed by atoms with E-state index in [9.17, 15) is 4.79 Å². The summed E-state index contributed by atoms with van der Waals surface area (Å²) < 4.78 is 4.42. The number of ether oxygens (including phenoxy) is 1. The third-order valence-electron chi connectivity index (χ3n) is 0.657. The van der Waals surface area contributed by atoms with Gasteiger partial charge in [0.1, 0.15) is 0 Å². The first kappa shape index (κ1) is 13.5. The monoisotopic (exact) mass is 177 g/mol. The number of carbonyl (C=O) groups is 1. The second-order valence-corrected chi connectivity index (χ2v) is 1.54. The number of allylic oxidation sites excluding steroid dienone is 3. The molecule has 0 aromatic heterocycles. The first-order valence-corrected chi connectivity index (χ1v) is 3.34. The Morgan fingerprint density at radius 3 is 2.23 bits per heavy atom. The molecule has 13 heavy (non-hydrogen) atoms. The van der Waals surface area contributed by atoms with E-state index < -0.39 is 5.97 Å². The van der Waals surface area contributed by atoms with Gasteiger partial charge in [0.25, 0.3) is 0 Å². The average Bonchev–Trinajstić information content (AvgIpc) is 2.18. The molecule has 0 radical (unpaired) electrons. The van der Waals surface area contributed by atoms with E-state index in [4.69, 9.17) is 5.26 Å². The minimum Gasteiger partial charge on any atom is -0.431 e. The largest absolute Gasteiger partial charge is 0.431 e. The van der Waals surface area contributed by atoms with Crippen molar-refractivity contribution in [2.45, 2.75) is 0 Å². The van der Waals surface area contributed by atoms with Crippen LogP contribution in [0.2, 0.25) is 0 Å². The van der Waals surface area contributed by atoms with Crippen LogP contribution < -0.4 is 0 Å². The van der Waals surface area contributed by atoms with Gasteiger partial charge in [0.2, 0.25) is 0 Å². The Bertz CT molecular complexity index is 246. The summed E-state index contributed by atoms with van der Waals surface area (Å²) in [7, 11) is 0. The van der Waals surface area contributed by atoms with Gasteiger partial charge in [-0.05, 0) is 6.08 Å². The molecule has 0 saturated heterocycles. The Hall–Kier alpha value is -2.08. The topological polar surface area (TPSA) is 50.1 Å². The van der Waals surface area contributed by atoms with Gasteiger partial charge in [-0.25, -0.2) is 4.79 Å². The van der Waals surface area contributed by atoms with Gasteiger partial charge in [0, 0.05) is 12.2 Å². The fraction of sp³-hybridized carbons (Fsp3) is 0. The molecule has 0 amide bonds. The maximum atomic E-state index is 10.3. The molecule has 0 unspecified atom stereocenters. The van der Waals surface area contributed by atoms with Gasteiger partial charge in [-0.15, -0.1) is 0 Å². The number of hydrogen-bond acceptors (Lipinski definition) is 3. The molecule has 0 aliphatic rings. The molecular weight excluding hydrogens is 166 g/mol. The molecule has 0 atom stereocenters. The summed E-state index contributed by atoms with van der Waals surface area (Å²) in [5.41, 5.74) is 0. The van der Waals surface area contributed by atoms with Gasteiger partial charge in [-0.2, -0.15) is 5.26 Å². The molecule has 0 aromatic rings. The highest BCUT2D eigenvalue weighted by molar-refractivity contribution is 5.81. The highest BCUT2D eigenvalue weighted by atomic mass is 16.5. The van der Waals surface area contributed by atoms with Gasteiger partial charge in [0.05, 0.1) is 12.3 Å². The lowest BCUT2D eigenvalue weighted by molar-refractivity contribution is -0.132. The SMILES string of the molecule is C=CC#N.C=CC=COC(=O)C=C. The highest BCUT2D eigenvalue weighted by Gasteiger charge is 1.85. The maximum Gasteiger partial charge on any atom is 0.334 e. The van der Waals surface area contributed by atoms with Crippen molar-refractivity contribution in [1.82, 2.24) is 0 Å². The Labute approximate surface area is 77.9 Å². The summed E-state index contributed by atoms with van der Waals surface area (Å²) in [6, 6.07) is 1.69. The molecule has 0 aliphatic heterocycles. The molecule has 0 aromatic carbocycles. The zero-order chi connectivity index (χ0) is 10.5. The first-order valence-electron chi connectivity index (χ1n) is 3.34. The predicted molar refractivity (Wildman–Crippen MR) is 51.4 cm³/mol. The molecule has 0 fully saturated rings. The third-order valence-corrected chi connectivity index (χ3v) is 0.657. The smallest absolute Gasteiger partial charge is 0.334 e. The van der Waals surface area contributed by atoms with Crippen molar-refractivity contribution in [3.05, 3.63) is 50.3 Å². The van der Waals surface area contributed by atoms with Crippen LogP contribution in [-0.4, -0.2) is 5.97 Å². The van der Waals surface area contributed by atoms with Crippen LogP contribution in [0.15, 0.2) is 50.3 Å². The van der Waals surface area contributed by atoms with Crippen molar-refractivity contribution in [2.75, 3.05) is 0 Å². The van der Waals surface area contributed by atoms with E-state index in [1.807, 2.05) is 0 Å². The number of nitriles is 1. The number of rotatable bonds is 3. The second-order valence-electron chi connectivity index (χ2n) is 1.54. The fourth-order valence-electron chi connectivity index (χ4n) is 0.210. The van der Waals surface area contributed by atoms with Crippen molar-refractivity contribution in [3.8, 4) is 6.07 Å². The lowest BCUT2D eigenvalue weighted by atomic mass is 10.6. The van der Waals surface area contributed by atoms with Crippen LogP contribution in [0.25, 0.3) is 0 Å². The van der Waals surface area contributed by atoms with Gasteiger partial charge in [-0.3, -0.25) is 0 Å². The van der Waals surface area contributed by atoms with Crippen LogP contribution in [0.5, 0.6) is 0 Å². The lowest BCUT2D eigenvalue weighted by Gasteiger charge is -1.87. The van der Waals surface area contributed by atoms with Crippen molar-refractivity contribution in [3.63, 3.8) is 0 Å². The number of nitrogens with zero attached hydrogens (tertiary/aromatic N) is 1. The third kappa shape index (κ3) is 17.8. The standard InChI is InChI=1S/C7H8O2.C3H3N/c1-3-5-6-9-7(8)4-2;1-2-3-4/h3-6H,1-2H2;2H,1H2. The van der Waals surface area contributed by atoms with Crippen LogP contribution >= 0.6 is 0 Å². The molecule has 3 heteroatoms. The van der Waals surface area contributed by atoms with E-state index in [-0.39, 0.29) is 0 Å². The first-order chi connectivity index (χ1) is 6.22. The summed E-state index contributed by atoms with van der Waals surface area (Å²) in [6.07, 6.45) is 6.54. The molecule has 0 N–H and O–H groups in total. The second kappa shape index (κ2) is 12.6. The van der Waals surface area contributed by atoms with Crippen LogP contribution in [0, 0.1) is 11.3 Å². The van der Waals surface area contributed by atoms with Gasteiger partial charge in [-0.1, -0.05) is 25.8 Å². The molecular formula is C10H11NO2. The summed E-state index contributed by atoms with van der Waals surface area (Å²) in [6.45, 7) is 9.70. The molecule has 0 heterocycles. The summed E-state index contributed by atoms with van der Waals surface area (Å²) >= 11 is 0. The van der Waals surface area contributed by atoms with Gasteiger partial charge >= 0.3 is 5.97 Å². The van der Waals surface area contributed by atoms with Gasteiger partial charge < -0.3 is 4.74 Å². The minimum atomic E-state index is -0.465. The molecule has 0 spiro atoms. The molecule has 3 nitrogen and oxygen atoms in total. The highest BCUT2D eigenvalue weighted by Crippen LogP contribution is 1.80. The van der Waals surface area contributed by atoms with Crippen molar-refractivity contribution in [2.24, 2.45) is 0 Å². The van der Waals surface area contributed by atoms with E-state index >= 15 is 0 Å². The number of esters is 1. The van der Waals surface area contributed by atoms with Gasteiger partial charge in [0.15, 0.2) is 0 Å². The van der Waals surface area contributed by atoms with Crippen molar-refractivity contribution in [1.29, 1.82) is 5.26 Å². The van der Waals surface area contributed by atoms with Crippen LogP contribution in [0.1, 0.15) is 0 Å². The summed E-state index contributed by atoms with van der Waals surface area (Å²) in [4.78, 5) is 10.3. The Morgan fingerprint density at radius 1 is 1.38 bits per heavy atom. The van der Waals surface area contributed by atoms with E-state index in [1.165, 1.54) is 24.5 Å². The summed E-state index contributed by atoms with van der Waals surface area (Å²) in [5.74, 6) is -0.465. The molecule has 0 saturated carbocycles. The van der Waals surface area contributed by atoms with Crippen LogP contribution in [0.4, 0.5) is 0 Å². The van der Waals surface area contributed by atoms with E-state index in [1.54, 1.807) is 6.07 Å². The predicted octanol–water partition coefficient (Wildman–Crippen LogP) is 2.11. The van der Waals surface area contributed by atoms with E-state index in [0.717, 1.165) is 6.08 Å². The zero-order valence-corrected chi connectivity index (χ0v) is 7.27. The normalized spacial score (nSPS) is 7.31. The molecule has 68 valence electrons. The van der Waals surface area contributed by atoms with E-state index in [0.29, 0.717) is 0 Å². The quantitative estimate of drug-likeness (QED) is 0.218. The zero-order valence-electron chi connectivity index (χ0n) is 7.27. The Morgan fingerprint density at radius 2 is 1.92 bits per heavy atom. The fourth-order valence-corrected chi connectivity index (χ4v) is 0.210. The molecule has 0 rings (SSSR count). The Kier molecular flexibility index (Phi) is 13.1. The number of hydrogen-bond donors (Lipinski definition) is 0. The summed E-state index contributed by atoms with van der Waals surface area (Å²) in [5, 5.41) is 7.51. The number of carbonyl (C=O) groups excluding carboxylic acids is 1. The molecule has 0 aliphatic carbocycles. The maximum absolute atomic E-state index is 10.3. The minimum absolute atomic E-state index is 0.465. The van der Waals surface area contributed by atoms with Crippen molar-refractivity contribution >= 4 is 5.97 Å². The van der Waals surface area contributed by atoms with Crippen LogP contribution in [-0.2, 0) is 9.53 Å². The molecule has 0 bridgehead atoms.